The lowest BCUT2D eigenvalue weighted by Gasteiger charge is -2.07. The van der Waals surface area contributed by atoms with E-state index in [1.165, 1.54) is 4.88 Å². The Balaban J connectivity index is 1.51. The van der Waals surface area contributed by atoms with E-state index in [0.29, 0.717) is 13.3 Å². The van der Waals surface area contributed by atoms with Crippen molar-refractivity contribution in [2.24, 2.45) is 0 Å². The predicted octanol–water partition coefficient (Wildman–Crippen LogP) is 3.48. The average molecular weight is 299 g/mol. The van der Waals surface area contributed by atoms with E-state index in [4.69, 9.17) is 9.47 Å². The number of hydrogen-bond acceptors (Lipinski definition) is 5. The number of rotatable bonds is 4. The number of nitrogens with one attached hydrogen (secondary N) is 2. The molecule has 0 atom stereocenters. The summed E-state index contributed by atoms with van der Waals surface area (Å²) < 4.78 is 10.7. The van der Waals surface area contributed by atoms with Crippen molar-refractivity contribution in [1.82, 2.24) is 10.2 Å². The highest BCUT2D eigenvalue weighted by Gasteiger charge is 2.14. The predicted molar refractivity (Wildman–Crippen MR) is 81.8 cm³/mol. The van der Waals surface area contributed by atoms with Gasteiger partial charge in [-0.2, -0.15) is 5.10 Å². The molecule has 1 aliphatic rings. The lowest BCUT2D eigenvalue weighted by molar-refractivity contribution is 0.174. The van der Waals surface area contributed by atoms with Gasteiger partial charge in [-0.15, -0.1) is 11.3 Å². The Labute approximate surface area is 125 Å². The summed E-state index contributed by atoms with van der Waals surface area (Å²) in [5.41, 5.74) is 3.13. The third-order valence-electron chi connectivity index (χ3n) is 3.33. The number of thiophene rings is 1. The normalized spacial score (nSPS) is 12.6. The van der Waals surface area contributed by atoms with Crippen LogP contribution >= 0.6 is 11.3 Å². The maximum absolute atomic E-state index is 5.38. The fourth-order valence-corrected chi connectivity index (χ4v) is 3.03. The van der Waals surface area contributed by atoms with Gasteiger partial charge >= 0.3 is 0 Å². The highest BCUT2D eigenvalue weighted by Crippen LogP contribution is 2.34. The first-order valence-corrected chi connectivity index (χ1v) is 7.48. The molecule has 1 aromatic carbocycles. The molecule has 0 unspecified atom stereocenters. The standard InChI is InChI=1S/C15H13N3O2S/c1-2-14(21-5-1)15-10(8-17-18-15)7-16-11-3-4-12-13(6-11)20-9-19-12/h1-6,8,16H,7,9H2,(H,17,18). The van der Waals surface area contributed by atoms with Gasteiger partial charge in [0.05, 0.1) is 4.88 Å². The zero-order valence-corrected chi connectivity index (χ0v) is 11.9. The Morgan fingerprint density at radius 3 is 3.10 bits per heavy atom. The second-order valence-electron chi connectivity index (χ2n) is 4.66. The molecule has 106 valence electrons. The number of aromatic nitrogens is 2. The molecule has 0 amide bonds. The second kappa shape index (κ2) is 5.14. The van der Waals surface area contributed by atoms with E-state index in [9.17, 15) is 0 Å². The van der Waals surface area contributed by atoms with Gasteiger partial charge in [-0.25, -0.2) is 0 Å². The van der Waals surface area contributed by atoms with Gasteiger partial charge in [0.15, 0.2) is 11.5 Å². The molecule has 0 saturated carbocycles. The average Bonchev–Trinajstić information content (AvgIpc) is 3.24. The molecule has 0 fully saturated rings. The third-order valence-corrected chi connectivity index (χ3v) is 4.21. The Morgan fingerprint density at radius 2 is 2.19 bits per heavy atom. The van der Waals surface area contributed by atoms with Gasteiger partial charge in [0.1, 0.15) is 5.69 Å². The van der Waals surface area contributed by atoms with Gasteiger partial charge in [0.25, 0.3) is 0 Å². The van der Waals surface area contributed by atoms with Gasteiger partial charge in [0.2, 0.25) is 6.79 Å². The zero-order valence-electron chi connectivity index (χ0n) is 11.1. The first-order valence-electron chi connectivity index (χ1n) is 6.60. The summed E-state index contributed by atoms with van der Waals surface area (Å²) in [6, 6.07) is 9.96. The fraction of sp³-hybridized carbons (Fsp3) is 0.133. The van der Waals surface area contributed by atoms with Crippen molar-refractivity contribution >= 4 is 17.0 Å². The molecule has 0 bridgehead atoms. The van der Waals surface area contributed by atoms with Gasteiger partial charge in [-0.05, 0) is 23.6 Å². The van der Waals surface area contributed by atoms with Gasteiger partial charge < -0.3 is 14.8 Å². The van der Waals surface area contributed by atoms with Crippen molar-refractivity contribution in [2.75, 3.05) is 12.1 Å². The third kappa shape index (κ3) is 2.34. The van der Waals surface area contributed by atoms with Gasteiger partial charge in [-0.3, -0.25) is 5.10 Å². The van der Waals surface area contributed by atoms with Gasteiger partial charge in [0, 0.05) is 30.1 Å². The van der Waals surface area contributed by atoms with Crippen LogP contribution in [0.3, 0.4) is 0 Å². The van der Waals surface area contributed by atoms with Crippen LogP contribution in [0.1, 0.15) is 5.56 Å². The van der Waals surface area contributed by atoms with Crippen molar-refractivity contribution in [1.29, 1.82) is 0 Å². The number of hydrogen-bond donors (Lipinski definition) is 2. The molecule has 0 aliphatic carbocycles. The Morgan fingerprint density at radius 1 is 1.24 bits per heavy atom. The molecule has 21 heavy (non-hydrogen) atoms. The number of ether oxygens (including phenoxy) is 2. The summed E-state index contributed by atoms with van der Waals surface area (Å²) in [6.45, 7) is 0.992. The van der Waals surface area contributed by atoms with E-state index >= 15 is 0 Å². The SMILES string of the molecule is c1csc(-c2n[nH]cc2CNc2ccc3c(c2)OCO3)c1. The summed E-state index contributed by atoms with van der Waals surface area (Å²) >= 11 is 1.69. The quantitative estimate of drug-likeness (QED) is 0.774. The van der Waals surface area contributed by atoms with Crippen molar-refractivity contribution in [3.63, 3.8) is 0 Å². The molecule has 0 radical (unpaired) electrons. The van der Waals surface area contributed by atoms with Crippen LogP contribution < -0.4 is 14.8 Å². The second-order valence-corrected chi connectivity index (χ2v) is 5.61. The zero-order chi connectivity index (χ0) is 14.1. The topological polar surface area (TPSA) is 59.2 Å². The molecular weight excluding hydrogens is 286 g/mol. The highest BCUT2D eigenvalue weighted by atomic mass is 32.1. The number of benzene rings is 1. The Kier molecular flexibility index (Phi) is 3.01. The maximum atomic E-state index is 5.38. The molecule has 3 aromatic rings. The van der Waals surface area contributed by atoms with E-state index in [1.807, 2.05) is 30.5 Å². The molecule has 5 nitrogen and oxygen atoms in total. The summed E-state index contributed by atoms with van der Waals surface area (Å²) in [7, 11) is 0. The van der Waals surface area contributed by atoms with Crippen LogP contribution in [0.15, 0.2) is 41.9 Å². The first kappa shape index (κ1) is 12.3. The van der Waals surface area contributed by atoms with E-state index in [2.05, 4.69) is 27.0 Å². The van der Waals surface area contributed by atoms with Crippen LogP contribution in [0.4, 0.5) is 5.69 Å². The van der Waals surface area contributed by atoms with Crippen LogP contribution in [0.25, 0.3) is 10.6 Å². The number of nitrogens with zero attached hydrogens (tertiary/aromatic N) is 1. The number of aromatic amines is 1. The molecule has 1 aliphatic heterocycles. The molecule has 4 rings (SSSR count). The van der Waals surface area contributed by atoms with Crippen molar-refractivity contribution in [2.45, 2.75) is 6.54 Å². The van der Waals surface area contributed by atoms with Crippen molar-refractivity contribution in [3.8, 4) is 22.1 Å². The molecule has 2 aromatic heterocycles. The Bertz CT molecular complexity index is 752. The minimum Gasteiger partial charge on any atom is -0.454 e. The monoisotopic (exact) mass is 299 g/mol. The lowest BCUT2D eigenvalue weighted by atomic mass is 10.2. The molecule has 3 heterocycles. The molecule has 6 heteroatoms. The van der Waals surface area contributed by atoms with Crippen molar-refractivity contribution < 1.29 is 9.47 Å². The van der Waals surface area contributed by atoms with Crippen LogP contribution in [0.5, 0.6) is 11.5 Å². The number of fused-ring (bicyclic) bond motifs is 1. The molecular formula is C15H13N3O2S. The fourth-order valence-electron chi connectivity index (χ4n) is 2.28. The summed E-state index contributed by atoms with van der Waals surface area (Å²) in [5.74, 6) is 1.58. The minimum atomic E-state index is 0.295. The molecule has 2 N–H and O–H groups in total. The van der Waals surface area contributed by atoms with Crippen LogP contribution in [-0.2, 0) is 6.54 Å². The molecule has 0 spiro atoms. The van der Waals surface area contributed by atoms with Crippen LogP contribution in [0, 0.1) is 0 Å². The smallest absolute Gasteiger partial charge is 0.231 e. The van der Waals surface area contributed by atoms with Crippen molar-refractivity contribution in [3.05, 3.63) is 47.5 Å². The highest BCUT2D eigenvalue weighted by molar-refractivity contribution is 7.13. The lowest BCUT2D eigenvalue weighted by Crippen LogP contribution is -1.99. The van der Waals surface area contributed by atoms with Crippen LogP contribution in [0.2, 0.25) is 0 Å². The maximum Gasteiger partial charge on any atom is 0.231 e. The van der Waals surface area contributed by atoms with E-state index in [1.54, 1.807) is 11.3 Å². The molecule has 0 saturated heterocycles. The number of H-pyrrole nitrogens is 1. The first-order chi connectivity index (χ1) is 10.4. The van der Waals surface area contributed by atoms with Crippen LogP contribution in [-0.4, -0.2) is 17.0 Å². The number of anilines is 1. The van der Waals surface area contributed by atoms with E-state index in [-0.39, 0.29) is 0 Å². The summed E-state index contributed by atoms with van der Waals surface area (Å²) in [4.78, 5) is 1.17. The Hall–Kier alpha value is -2.47. The van der Waals surface area contributed by atoms with E-state index < -0.39 is 0 Å². The van der Waals surface area contributed by atoms with Gasteiger partial charge in [-0.1, -0.05) is 6.07 Å². The summed E-state index contributed by atoms with van der Waals surface area (Å²) in [6.07, 6.45) is 1.93. The largest absolute Gasteiger partial charge is 0.454 e. The summed E-state index contributed by atoms with van der Waals surface area (Å²) in [5, 5.41) is 12.7. The minimum absolute atomic E-state index is 0.295. The van der Waals surface area contributed by atoms with E-state index in [0.717, 1.165) is 28.4 Å².